The van der Waals surface area contributed by atoms with Crippen molar-refractivity contribution < 1.29 is 5.11 Å². The Labute approximate surface area is 165 Å². The summed E-state index contributed by atoms with van der Waals surface area (Å²) in [5, 5.41) is 9.54. The Balaban J connectivity index is 2.17. The SMILES string of the molecule is [C-]#[N+]c1ccc(-c2nc(N3CCC(C)CC3)n(C)c(=O)c2C#CC(C)O)cc1. The van der Waals surface area contributed by atoms with Crippen molar-refractivity contribution in [3.63, 3.8) is 0 Å². The van der Waals surface area contributed by atoms with E-state index < -0.39 is 6.10 Å². The molecule has 0 amide bonds. The van der Waals surface area contributed by atoms with Gasteiger partial charge in [0.15, 0.2) is 5.69 Å². The zero-order valence-electron chi connectivity index (χ0n) is 16.4. The first-order valence-corrected chi connectivity index (χ1v) is 9.44. The molecule has 144 valence electrons. The van der Waals surface area contributed by atoms with Gasteiger partial charge in [0.2, 0.25) is 5.95 Å². The highest BCUT2D eigenvalue weighted by Crippen LogP contribution is 2.26. The number of piperidine rings is 1. The molecule has 28 heavy (non-hydrogen) atoms. The summed E-state index contributed by atoms with van der Waals surface area (Å²) in [6.45, 7) is 12.6. The third-order valence-corrected chi connectivity index (χ3v) is 5.01. The lowest BCUT2D eigenvalue weighted by molar-refractivity contribution is 0.253. The fourth-order valence-electron chi connectivity index (χ4n) is 3.27. The molecule has 1 aliphatic heterocycles. The predicted octanol–water partition coefficient (Wildman–Crippen LogP) is 2.97. The van der Waals surface area contributed by atoms with Crippen molar-refractivity contribution in [1.29, 1.82) is 0 Å². The minimum absolute atomic E-state index is 0.235. The van der Waals surface area contributed by atoms with Gasteiger partial charge in [0.1, 0.15) is 11.7 Å². The van der Waals surface area contributed by atoms with Gasteiger partial charge in [-0.05, 0) is 31.2 Å². The standard InChI is InChI=1S/C22H24N4O2/c1-15-11-13-26(14-12-15)22-24-20(17-6-8-18(23-3)9-7-17)19(10-5-16(2)27)21(28)25(22)4/h6-9,15-16,27H,11-14H2,1-2,4H3. The van der Waals surface area contributed by atoms with Crippen LogP contribution in [0.25, 0.3) is 16.1 Å². The molecule has 1 atom stereocenters. The van der Waals surface area contributed by atoms with Crippen molar-refractivity contribution in [1.82, 2.24) is 9.55 Å². The Morgan fingerprint density at radius 2 is 1.93 bits per heavy atom. The number of benzene rings is 1. The number of rotatable bonds is 2. The molecule has 1 fully saturated rings. The van der Waals surface area contributed by atoms with Crippen molar-refractivity contribution in [2.45, 2.75) is 32.8 Å². The highest BCUT2D eigenvalue weighted by Gasteiger charge is 2.22. The normalized spacial score (nSPS) is 15.5. The van der Waals surface area contributed by atoms with Crippen LogP contribution < -0.4 is 10.5 Å². The maximum absolute atomic E-state index is 13.1. The molecule has 3 rings (SSSR count). The molecule has 1 aromatic carbocycles. The lowest BCUT2D eigenvalue weighted by Gasteiger charge is -2.32. The number of aliphatic hydroxyl groups excluding tert-OH is 1. The molecule has 0 saturated carbocycles. The second-order valence-electron chi connectivity index (χ2n) is 7.27. The summed E-state index contributed by atoms with van der Waals surface area (Å²) in [4.78, 5) is 23.5. The number of aromatic nitrogens is 2. The van der Waals surface area contributed by atoms with Gasteiger partial charge in [-0.1, -0.05) is 43.0 Å². The third kappa shape index (κ3) is 4.08. The summed E-state index contributed by atoms with van der Waals surface area (Å²) in [5.41, 5.74) is 1.76. The van der Waals surface area contributed by atoms with Gasteiger partial charge in [0.25, 0.3) is 5.56 Å². The molecule has 2 heterocycles. The van der Waals surface area contributed by atoms with E-state index in [1.165, 1.54) is 0 Å². The van der Waals surface area contributed by atoms with Crippen LogP contribution in [-0.2, 0) is 7.05 Å². The molecule has 1 aliphatic rings. The second kappa shape index (κ2) is 8.29. The minimum atomic E-state index is -0.842. The molecule has 1 aromatic heterocycles. The van der Waals surface area contributed by atoms with E-state index in [-0.39, 0.29) is 11.1 Å². The van der Waals surface area contributed by atoms with E-state index in [1.807, 2.05) is 0 Å². The molecule has 0 aliphatic carbocycles. The average molecular weight is 376 g/mol. The largest absolute Gasteiger partial charge is 0.381 e. The summed E-state index contributed by atoms with van der Waals surface area (Å²) >= 11 is 0. The van der Waals surface area contributed by atoms with Crippen LogP contribution in [-0.4, -0.2) is 33.9 Å². The van der Waals surface area contributed by atoms with Crippen LogP contribution in [0.5, 0.6) is 0 Å². The topological polar surface area (TPSA) is 62.7 Å². The van der Waals surface area contributed by atoms with Crippen LogP contribution in [0.3, 0.4) is 0 Å². The molecular weight excluding hydrogens is 352 g/mol. The Morgan fingerprint density at radius 3 is 2.50 bits per heavy atom. The van der Waals surface area contributed by atoms with E-state index in [9.17, 15) is 9.90 Å². The summed E-state index contributed by atoms with van der Waals surface area (Å²) < 4.78 is 1.54. The lowest BCUT2D eigenvalue weighted by atomic mass is 9.99. The van der Waals surface area contributed by atoms with Crippen molar-refractivity contribution in [3.05, 3.63) is 51.6 Å². The number of hydrogen-bond acceptors (Lipinski definition) is 4. The zero-order chi connectivity index (χ0) is 20.3. The molecule has 1 N–H and O–H groups in total. The van der Waals surface area contributed by atoms with E-state index in [0.29, 0.717) is 23.2 Å². The fraction of sp³-hybridized carbons (Fsp3) is 0.409. The van der Waals surface area contributed by atoms with Crippen molar-refractivity contribution >= 4 is 11.6 Å². The first kappa shape index (κ1) is 19.7. The van der Waals surface area contributed by atoms with Crippen LogP contribution in [0.4, 0.5) is 11.6 Å². The molecule has 0 bridgehead atoms. The van der Waals surface area contributed by atoms with Crippen LogP contribution in [0.15, 0.2) is 29.1 Å². The Morgan fingerprint density at radius 1 is 1.29 bits per heavy atom. The van der Waals surface area contributed by atoms with Gasteiger partial charge in [-0.25, -0.2) is 9.83 Å². The van der Waals surface area contributed by atoms with Crippen LogP contribution in [0.2, 0.25) is 0 Å². The van der Waals surface area contributed by atoms with Crippen LogP contribution in [0, 0.1) is 24.3 Å². The second-order valence-corrected chi connectivity index (χ2v) is 7.27. The number of anilines is 1. The fourth-order valence-corrected chi connectivity index (χ4v) is 3.27. The average Bonchev–Trinajstić information content (AvgIpc) is 2.70. The molecule has 0 spiro atoms. The number of nitrogens with zero attached hydrogens (tertiary/aromatic N) is 4. The highest BCUT2D eigenvalue weighted by atomic mass is 16.3. The number of aliphatic hydroxyl groups is 1. The summed E-state index contributed by atoms with van der Waals surface area (Å²) in [6, 6.07) is 6.97. The monoisotopic (exact) mass is 376 g/mol. The molecular formula is C22H24N4O2. The van der Waals surface area contributed by atoms with Crippen LogP contribution >= 0.6 is 0 Å². The molecule has 6 heteroatoms. The Kier molecular flexibility index (Phi) is 5.82. The predicted molar refractivity (Wildman–Crippen MR) is 110 cm³/mol. The quantitative estimate of drug-likeness (QED) is 0.647. The molecule has 6 nitrogen and oxygen atoms in total. The van der Waals surface area contributed by atoms with E-state index in [1.54, 1.807) is 42.8 Å². The summed E-state index contributed by atoms with van der Waals surface area (Å²) in [7, 11) is 1.71. The number of hydrogen-bond donors (Lipinski definition) is 1. The molecule has 1 unspecified atom stereocenters. The summed E-state index contributed by atoms with van der Waals surface area (Å²) in [5.74, 6) is 6.77. The third-order valence-electron chi connectivity index (χ3n) is 5.01. The maximum Gasteiger partial charge on any atom is 0.271 e. The zero-order valence-corrected chi connectivity index (χ0v) is 16.4. The van der Waals surface area contributed by atoms with E-state index >= 15 is 0 Å². The van der Waals surface area contributed by atoms with Gasteiger partial charge in [0.05, 0.1) is 12.3 Å². The maximum atomic E-state index is 13.1. The minimum Gasteiger partial charge on any atom is -0.381 e. The van der Waals surface area contributed by atoms with Crippen molar-refractivity contribution in [2.75, 3.05) is 18.0 Å². The molecule has 1 saturated heterocycles. The smallest absolute Gasteiger partial charge is 0.271 e. The first-order valence-electron chi connectivity index (χ1n) is 9.44. The van der Waals surface area contributed by atoms with Crippen LogP contribution in [0.1, 0.15) is 32.3 Å². The van der Waals surface area contributed by atoms with Gasteiger partial charge in [0, 0.05) is 20.1 Å². The first-order chi connectivity index (χ1) is 13.4. The van der Waals surface area contributed by atoms with E-state index in [2.05, 4.69) is 28.5 Å². The van der Waals surface area contributed by atoms with Crippen molar-refractivity contribution in [2.24, 2.45) is 13.0 Å². The van der Waals surface area contributed by atoms with Gasteiger partial charge >= 0.3 is 0 Å². The molecule has 0 radical (unpaired) electrons. The van der Waals surface area contributed by atoms with Gasteiger partial charge < -0.3 is 10.0 Å². The summed E-state index contributed by atoms with van der Waals surface area (Å²) in [6.07, 6.45) is 1.29. The van der Waals surface area contributed by atoms with Crippen molar-refractivity contribution in [3.8, 4) is 23.1 Å². The van der Waals surface area contributed by atoms with Gasteiger partial charge in [-0.2, -0.15) is 0 Å². The van der Waals surface area contributed by atoms with E-state index in [4.69, 9.17) is 11.6 Å². The highest BCUT2D eigenvalue weighted by molar-refractivity contribution is 5.70. The van der Waals surface area contributed by atoms with Gasteiger partial charge in [-0.3, -0.25) is 9.36 Å². The molecule has 2 aromatic rings. The van der Waals surface area contributed by atoms with Gasteiger partial charge in [-0.15, -0.1) is 0 Å². The Bertz CT molecular complexity index is 1010. The van der Waals surface area contributed by atoms with E-state index in [0.717, 1.165) is 31.5 Å². The Hall–Kier alpha value is -3.09. The lowest BCUT2D eigenvalue weighted by Crippen LogP contribution is -2.38.